The monoisotopic (exact) mass is 283 g/mol. The molecule has 0 atom stereocenters. The molecule has 3 aromatic rings. The van der Waals surface area contributed by atoms with E-state index >= 15 is 0 Å². The molecule has 2 aromatic heterocycles. The van der Waals surface area contributed by atoms with Gasteiger partial charge in [-0.2, -0.15) is 4.39 Å². The van der Waals surface area contributed by atoms with Gasteiger partial charge >= 0.3 is 5.97 Å². The van der Waals surface area contributed by atoms with E-state index in [4.69, 9.17) is 5.11 Å². The molecule has 2 heterocycles. The zero-order valence-corrected chi connectivity index (χ0v) is 10.8. The van der Waals surface area contributed by atoms with Gasteiger partial charge in [-0.05, 0) is 29.3 Å². The van der Waals surface area contributed by atoms with Crippen molar-refractivity contribution < 1.29 is 14.3 Å². The highest BCUT2D eigenvalue weighted by Gasteiger charge is 2.08. The third kappa shape index (κ3) is 2.64. The number of aromatic nitrogens is 3. The second-order valence-electron chi connectivity index (χ2n) is 4.39. The lowest BCUT2D eigenvalue weighted by Gasteiger charge is -2.06. The molecule has 0 unspecified atom stereocenters. The lowest BCUT2D eigenvalue weighted by molar-refractivity contribution is 0.0691. The van der Waals surface area contributed by atoms with Crippen molar-refractivity contribution in [1.29, 1.82) is 0 Å². The Bertz CT molecular complexity index is 814. The van der Waals surface area contributed by atoms with Gasteiger partial charge in [0.15, 0.2) is 5.69 Å². The third-order valence-corrected chi connectivity index (χ3v) is 3.01. The van der Waals surface area contributed by atoms with Crippen molar-refractivity contribution >= 4 is 5.97 Å². The van der Waals surface area contributed by atoms with Gasteiger partial charge in [-0.25, -0.2) is 14.8 Å². The summed E-state index contributed by atoms with van der Waals surface area (Å²) in [7, 11) is 0. The fourth-order valence-electron chi connectivity index (χ4n) is 2.00. The summed E-state index contributed by atoms with van der Waals surface area (Å²) in [6, 6.07) is 10.3. The van der Waals surface area contributed by atoms with Crippen molar-refractivity contribution in [2.75, 3.05) is 0 Å². The Morgan fingerprint density at radius 1 is 1.14 bits per heavy atom. The zero-order valence-electron chi connectivity index (χ0n) is 10.8. The van der Waals surface area contributed by atoms with E-state index in [1.165, 1.54) is 24.8 Å². The van der Waals surface area contributed by atoms with Crippen LogP contribution in [0.2, 0.25) is 0 Å². The third-order valence-electron chi connectivity index (χ3n) is 3.01. The number of rotatable bonds is 3. The molecule has 0 bridgehead atoms. The molecule has 0 aliphatic carbocycles. The summed E-state index contributed by atoms with van der Waals surface area (Å²) in [5.41, 5.74) is 2.21. The number of pyridine rings is 1. The molecule has 5 nitrogen and oxygen atoms in total. The van der Waals surface area contributed by atoms with Gasteiger partial charge < -0.3 is 9.67 Å². The van der Waals surface area contributed by atoms with E-state index < -0.39 is 11.9 Å². The van der Waals surface area contributed by atoms with Gasteiger partial charge in [0.05, 0.1) is 0 Å². The van der Waals surface area contributed by atoms with Gasteiger partial charge in [-0.3, -0.25) is 0 Å². The summed E-state index contributed by atoms with van der Waals surface area (Å²) >= 11 is 0. The fraction of sp³-hybridized carbons (Fsp3) is 0. The molecular weight excluding hydrogens is 273 g/mol. The summed E-state index contributed by atoms with van der Waals surface area (Å²) in [6.07, 6.45) is 4.25. The number of aromatic carboxylic acids is 1. The van der Waals surface area contributed by atoms with Gasteiger partial charge in [0.25, 0.3) is 0 Å². The molecule has 0 fully saturated rings. The Labute approximate surface area is 119 Å². The smallest absolute Gasteiger partial charge is 0.356 e. The standard InChI is InChI=1S/C15H10FN3O2/c16-14-7-11(4-5-17-14)10-2-1-3-12(6-10)19-8-13(15(20)21)18-9-19/h1-9H,(H,20,21). The first-order valence-corrected chi connectivity index (χ1v) is 6.13. The van der Waals surface area contributed by atoms with Crippen LogP contribution in [0.4, 0.5) is 4.39 Å². The summed E-state index contributed by atoms with van der Waals surface area (Å²) < 4.78 is 14.8. The van der Waals surface area contributed by atoms with Crippen LogP contribution in [0.1, 0.15) is 10.5 Å². The Kier molecular flexibility index (Phi) is 3.19. The van der Waals surface area contributed by atoms with Crippen molar-refractivity contribution in [2.45, 2.75) is 0 Å². The molecule has 0 aliphatic rings. The van der Waals surface area contributed by atoms with Gasteiger partial charge in [0.2, 0.25) is 5.95 Å². The number of hydrogen-bond acceptors (Lipinski definition) is 3. The van der Waals surface area contributed by atoms with Gasteiger partial charge in [0, 0.05) is 24.1 Å². The SMILES string of the molecule is O=C(O)c1cn(-c2cccc(-c3ccnc(F)c3)c2)cn1. The molecule has 1 N–H and O–H groups in total. The minimum atomic E-state index is -1.08. The van der Waals surface area contributed by atoms with Crippen LogP contribution in [-0.2, 0) is 0 Å². The van der Waals surface area contributed by atoms with Crippen molar-refractivity contribution in [3.63, 3.8) is 0 Å². The summed E-state index contributed by atoms with van der Waals surface area (Å²) in [6.45, 7) is 0. The average molecular weight is 283 g/mol. The van der Waals surface area contributed by atoms with Crippen LogP contribution < -0.4 is 0 Å². The van der Waals surface area contributed by atoms with Crippen LogP contribution in [0.3, 0.4) is 0 Å². The van der Waals surface area contributed by atoms with Crippen LogP contribution in [0.15, 0.2) is 55.1 Å². The number of carbonyl (C=O) groups is 1. The molecule has 21 heavy (non-hydrogen) atoms. The van der Waals surface area contributed by atoms with Crippen molar-refractivity contribution in [3.8, 4) is 16.8 Å². The molecule has 6 heteroatoms. The van der Waals surface area contributed by atoms with Gasteiger partial charge in [0.1, 0.15) is 6.33 Å². The number of halogens is 1. The normalized spacial score (nSPS) is 10.5. The van der Waals surface area contributed by atoms with Crippen LogP contribution in [-0.4, -0.2) is 25.6 Å². The zero-order chi connectivity index (χ0) is 14.8. The lowest BCUT2D eigenvalue weighted by Crippen LogP contribution is -1.96. The van der Waals surface area contributed by atoms with Gasteiger partial charge in [-0.1, -0.05) is 12.1 Å². The maximum atomic E-state index is 13.2. The van der Waals surface area contributed by atoms with Crippen LogP contribution in [0, 0.1) is 5.95 Å². The van der Waals surface area contributed by atoms with Crippen LogP contribution >= 0.6 is 0 Å². The maximum Gasteiger partial charge on any atom is 0.356 e. The van der Waals surface area contributed by atoms with E-state index in [0.717, 1.165) is 11.3 Å². The van der Waals surface area contributed by atoms with Crippen LogP contribution in [0.5, 0.6) is 0 Å². The molecule has 0 amide bonds. The van der Waals surface area contributed by atoms with E-state index in [0.29, 0.717) is 5.56 Å². The Morgan fingerprint density at radius 3 is 2.67 bits per heavy atom. The lowest BCUT2D eigenvalue weighted by atomic mass is 10.1. The topological polar surface area (TPSA) is 68.0 Å². The van der Waals surface area contributed by atoms with E-state index in [9.17, 15) is 9.18 Å². The second kappa shape index (κ2) is 5.16. The number of carboxylic acids is 1. The Hall–Kier alpha value is -3.02. The number of nitrogens with zero attached hydrogens (tertiary/aromatic N) is 3. The predicted molar refractivity (Wildman–Crippen MR) is 73.7 cm³/mol. The molecule has 0 saturated carbocycles. The Balaban J connectivity index is 2.01. The summed E-state index contributed by atoms with van der Waals surface area (Å²) in [4.78, 5) is 18.2. The quantitative estimate of drug-likeness (QED) is 0.750. The molecule has 0 spiro atoms. The first-order chi connectivity index (χ1) is 10.1. The van der Waals surface area contributed by atoms with E-state index in [2.05, 4.69) is 9.97 Å². The van der Waals surface area contributed by atoms with Crippen molar-refractivity contribution in [1.82, 2.24) is 14.5 Å². The maximum absolute atomic E-state index is 13.2. The molecule has 1 aromatic carbocycles. The van der Waals surface area contributed by atoms with E-state index in [1.54, 1.807) is 10.6 Å². The number of imidazole rings is 1. The van der Waals surface area contributed by atoms with Gasteiger partial charge in [-0.15, -0.1) is 0 Å². The van der Waals surface area contributed by atoms with E-state index in [-0.39, 0.29) is 5.69 Å². The van der Waals surface area contributed by atoms with Crippen molar-refractivity contribution in [2.24, 2.45) is 0 Å². The Morgan fingerprint density at radius 2 is 1.95 bits per heavy atom. The molecule has 104 valence electrons. The number of carboxylic acid groups (broad SMARTS) is 1. The van der Waals surface area contributed by atoms with Crippen LogP contribution in [0.25, 0.3) is 16.8 Å². The highest BCUT2D eigenvalue weighted by molar-refractivity contribution is 5.85. The summed E-state index contributed by atoms with van der Waals surface area (Å²) in [5.74, 6) is -1.63. The minimum Gasteiger partial charge on any atom is -0.476 e. The predicted octanol–water partition coefficient (Wildman–Crippen LogP) is 2.77. The highest BCUT2D eigenvalue weighted by Crippen LogP contribution is 2.22. The second-order valence-corrected chi connectivity index (χ2v) is 4.39. The first-order valence-electron chi connectivity index (χ1n) is 6.13. The largest absolute Gasteiger partial charge is 0.476 e. The molecule has 0 saturated heterocycles. The number of hydrogen-bond donors (Lipinski definition) is 1. The van der Waals surface area contributed by atoms with E-state index in [1.807, 2.05) is 24.3 Å². The minimum absolute atomic E-state index is 0.0321. The average Bonchev–Trinajstić information content (AvgIpc) is 2.97. The molecule has 3 rings (SSSR count). The molecular formula is C15H10FN3O2. The fourth-order valence-corrected chi connectivity index (χ4v) is 2.00. The van der Waals surface area contributed by atoms with Crippen molar-refractivity contribution in [3.05, 3.63) is 66.8 Å². The number of benzene rings is 1. The molecule has 0 radical (unpaired) electrons. The molecule has 0 aliphatic heterocycles. The first kappa shape index (κ1) is 13.0. The summed E-state index contributed by atoms with van der Waals surface area (Å²) in [5, 5.41) is 8.88. The highest BCUT2D eigenvalue weighted by atomic mass is 19.1.